The molecule has 1 atom stereocenters. The van der Waals surface area contributed by atoms with E-state index in [4.69, 9.17) is 4.74 Å². The molecule has 0 unspecified atom stereocenters. The maximum Gasteiger partial charge on any atom is 0.407 e. The number of hydrogen-bond acceptors (Lipinski definition) is 4. The number of amides is 2. The van der Waals surface area contributed by atoms with Crippen LogP contribution in [0.1, 0.15) is 36.8 Å². The maximum atomic E-state index is 13.7. The number of halogens is 1. The number of unbranched alkanes of at least 4 members (excludes halogenated alkanes) is 2. The fourth-order valence-corrected chi connectivity index (χ4v) is 2.90. The highest BCUT2D eigenvalue weighted by Crippen LogP contribution is 2.10. The van der Waals surface area contributed by atoms with Gasteiger partial charge in [-0.15, -0.1) is 0 Å². The molecule has 0 aliphatic rings. The van der Waals surface area contributed by atoms with Crippen molar-refractivity contribution in [3.8, 4) is 0 Å². The summed E-state index contributed by atoms with van der Waals surface area (Å²) in [6.45, 7) is 0.616. The van der Waals surface area contributed by atoms with Crippen LogP contribution in [0.4, 0.5) is 9.18 Å². The van der Waals surface area contributed by atoms with E-state index in [1.54, 1.807) is 6.07 Å². The van der Waals surface area contributed by atoms with Gasteiger partial charge in [-0.1, -0.05) is 55.0 Å². The zero-order valence-corrected chi connectivity index (χ0v) is 17.2. The van der Waals surface area contributed by atoms with E-state index in [9.17, 15) is 23.9 Å². The van der Waals surface area contributed by atoms with E-state index in [2.05, 4.69) is 10.6 Å². The van der Waals surface area contributed by atoms with Gasteiger partial charge in [-0.3, -0.25) is 4.79 Å². The predicted octanol–water partition coefficient (Wildman–Crippen LogP) is 3.42. The lowest BCUT2D eigenvalue weighted by Crippen LogP contribution is -2.42. The van der Waals surface area contributed by atoms with Gasteiger partial charge in [0.15, 0.2) is 0 Å². The molecule has 2 aromatic rings. The zero-order valence-electron chi connectivity index (χ0n) is 17.2. The first-order valence-electron chi connectivity index (χ1n) is 10.2. The van der Waals surface area contributed by atoms with Gasteiger partial charge in [0, 0.05) is 19.4 Å². The first-order chi connectivity index (χ1) is 15.0. The molecule has 0 fully saturated rings. The van der Waals surface area contributed by atoms with Crippen molar-refractivity contribution in [2.24, 2.45) is 0 Å². The summed E-state index contributed by atoms with van der Waals surface area (Å²) >= 11 is 0. The number of benzene rings is 2. The highest BCUT2D eigenvalue weighted by atomic mass is 19.1. The molecule has 0 saturated carbocycles. The maximum absolute atomic E-state index is 13.7. The highest BCUT2D eigenvalue weighted by molar-refractivity contribution is 5.83. The second-order valence-corrected chi connectivity index (χ2v) is 7.05. The molecule has 31 heavy (non-hydrogen) atoms. The molecule has 166 valence electrons. The van der Waals surface area contributed by atoms with Crippen LogP contribution in [0.5, 0.6) is 0 Å². The molecule has 0 spiro atoms. The Balaban J connectivity index is 1.58. The van der Waals surface area contributed by atoms with E-state index >= 15 is 0 Å². The monoisotopic (exact) mass is 430 g/mol. The van der Waals surface area contributed by atoms with Crippen molar-refractivity contribution in [3.63, 3.8) is 0 Å². The molecule has 0 aliphatic carbocycles. The third-order valence-corrected chi connectivity index (χ3v) is 4.58. The molecule has 0 aliphatic heterocycles. The summed E-state index contributed by atoms with van der Waals surface area (Å²) < 4.78 is 18.8. The van der Waals surface area contributed by atoms with E-state index in [1.807, 2.05) is 30.3 Å². The summed E-state index contributed by atoms with van der Waals surface area (Å²) in [7, 11) is 0. The van der Waals surface area contributed by atoms with Gasteiger partial charge in [-0.25, -0.2) is 14.0 Å². The van der Waals surface area contributed by atoms with Gasteiger partial charge in [-0.2, -0.15) is 0 Å². The fraction of sp³-hybridized carbons (Fsp3) is 0.348. The van der Waals surface area contributed by atoms with Crippen LogP contribution in [0.3, 0.4) is 0 Å². The Kier molecular flexibility index (Phi) is 10.0. The minimum atomic E-state index is -1.21. The summed E-state index contributed by atoms with van der Waals surface area (Å²) in [6.07, 6.45) is 1.41. The van der Waals surface area contributed by atoms with Crippen molar-refractivity contribution in [1.29, 1.82) is 0 Å². The average molecular weight is 430 g/mol. The zero-order chi connectivity index (χ0) is 22.5. The number of nitrogens with one attached hydrogen (secondary N) is 2. The molecular formula is C23H27FN2O5. The Hall–Kier alpha value is -3.42. The van der Waals surface area contributed by atoms with Crippen molar-refractivity contribution in [2.45, 2.75) is 44.8 Å². The third kappa shape index (κ3) is 9.29. The second kappa shape index (κ2) is 13.0. The Bertz CT molecular complexity index is 860. The van der Waals surface area contributed by atoms with Crippen LogP contribution in [0.15, 0.2) is 54.6 Å². The summed E-state index contributed by atoms with van der Waals surface area (Å²) in [4.78, 5) is 35.1. The van der Waals surface area contributed by atoms with Crippen molar-refractivity contribution < 1.29 is 28.6 Å². The first-order valence-corrected chi connectivity index (χ1v) is 10.2. The molecule has 0 aromatic heterocycles. The van der Waals surface area contributed by atoms with Crippen LogP contribution in [0.2, 0.25) is 0 Å². The van der Waals surface area contributed by atoms with E-state index in [0.717, 1.165) is 5.56 Å². The third-order valence-electron chi connectivity index (χ3n) is 4.58. The van der Waals surface area contributed by atoms with E-state index < -0.39 is 29.8 Å². The Morgan fingerprint density at radius 2 is 1.68 bits per heavy atom. The number of rotatable bonds is 12. The van der Waals surface area contributed by atoms with Gasteiger partial charge in [-0.05, 0) is 30.0 Å². The van der Waals surface area contributed by atoms with Crippen molar-refractivity contribution in [1.82, 2.24) is 10.6 Å². The van der Waals surface area contributed by atoms with E-state index in [1.165, 1.54) is 18.2 Å². The lowest BCUT2D eigenvalue weighted by atomic mass is 10.0. The van der Waals surface area contributed by atoms with Crippen LogP contribution in [-0.4, -0.2) is 35.7 Å². The standard InChI is InChI=1S/C23H27FN2O5/c24-19-12-7-6-11-18(19)15-20(22(28)29)26-21(27)13-5-2-8-14-25-23(30)31-16-17-9-3-1-4-10-17/h1,3-4,6-7,9-12,20H,2,5,8,13-16H2,(H,25,30)(H,26,27)(H,28,29)/t20-/m0/s1. The molecule has 0 saturated heterocycles. The van der Waals surface area contributed by atoms with E-state index in [-0.39, 0.29) is 25.0 Å². The number of hydrogen-bond donors (Lipinski definition) is 3. The summed E-state index contributed by atoms with van der Waals surface area (Å²) in [5.74, 6) is -2.12. The Labute approximate surface area is 180 Å². The molecule has 0 radical (unpaired) electrons. The van der Waals surface area contributed by atoms with Crippen molar-refractivity contribution >= 4 is 18.0 Å². The molecule has 8 heteroatoms. The van der Waals surface area contributed by atoms with Crippen LogP contribution >= 0.6 is 0 Å². The van der Waals surface area contributed by atoms with Gasteiger partial charge in [0.05, 0.1) is 0 Å². The number of carboxylic acid groups (broad SMARTS) is 1. The first kappa shape index (κ1) is 23.9. The number of alkyl carbamates (subject to hydrolysis) is 1. The van der Waals surface area contributed by atoms with Gasteiger partial charge in [0.25, 0.3) is 0 Å². The van der Waals surface area contributed by atoms with Gasteiger partial charge < -0.3 is 20.5 Å². The normalized spacial score (nSPS) is 11.4. The number of ether oxygens (including phenoxy) is 1. The molecule has 2 amide bonds. The van der Waals surface area contributed by atoms with Gasteiger partial charge >= 0.3 is 12.1 Å². The smallest absolute Gasteiger partial charge is 0.407 e. The van der Waals surface area contributed by atoms with Crippen molar-refractivity contribution in [3.05, 3.63) is 71.5 Å². The summed E-state index contributed by atoms with van der Waals surface area (Å²) in [5, 5.41) is 14.4. The van der Waals surface area contributed by atoms with Crippen LogP contribution in [0, 0.1) is 5.82 Å². The largest absolute Gasteiger partial charge is 0.480 e. The molecule has 2 aromatic carbocycles. The predicted molar refractivity (Wildman–Crippen MR) is 113 cm³/mol. The minimum absolute atomic E-state index is 0.122. The van der Waals surface area contributed by atoms with Gasteiger partial charge in [0.2, 0.25) is 5.91 Å². The molecule has 3 N–H and O–H groups in total. The summed E-state index contributed by atoms with van der Waals surface area (Å²) in [6, 6.07) is 14.0. The number of carbonyl (C=O) groups excluding carboxylic acids is 2. The second-order valence-electron chi connectivity index (χ2n) is 7.05. The Morgan fingerprint density at radius 1 is 0.968 bits per heavy atom. The van der Waals surface area contributed by atoms with Crippen LogP contribution < -0.4 is 10.6 Å². The molecule has 0 bridgehead atoms. The lowest BCUT2D eigenvalue weighted by Gasteiger charge is -2.15. The fourth-order valence-electron chi connectivity index (χ4n) is 2.90. The SMILES string of the molecule is O=C(CCCCCNC(=O)OCc1ccccc1)N[C@@H](Cc1ccccc1F)C(=O)O. The van der Waals surface area contributed by atoms with Crippen molar-refractivity contribution in [2.75, 3.05) is 6.54 Å². The summed E-state index contributed by atoms with van der Waals surface area (Å²) in [5.41, 5.74) is 1.14. The topological polar surface area (TPSA) is 105 Å². The highest BCUT2D eigenvalue weighted by Gasteiger charge is 2.21. The Morgan fingerprint density at radius 3 is 2.39 bits per heavy atom. The minimum Gasteiger partial charge on any atom is -0.480 e. The quantitative estimate of drug-likeness (QED) is 0.448. The van der Waals surface area contributed by atoms with Crippen LogP contribution in [-0.2, 0) is 27.4 Å². The number of aliphatic carboxylic acids is 1. The van der Waals surface area contributed by atoms with E-state index in [0.29, 0.717) is 25.8 Å². The lowest BCUT2D eigenvalue weighted by molar-refractivity contribution is -0.141. The molecular weight excluding hydrogens is 403 g/mol. The number of carbonyl (C=O) groups is 3. The molecule has 7 nitrogen and oxygen atoms in total. The average Bonchev–Trinajstić information content (AvgIpc) is 2.76. The number of carboxylic acids is 1. The molecule has 0 heterocycles. The molecule has 2 rings (SSSR count). The van der Waals surface area contributed by atoms with Gasteiger partial charge in [0.1, 0.15) is 18.5 Å². The van der Waals surface area contributed by atoms with Crippen LogP contribution in [0.25, 0.3) is 0 Å².